The summed E-state index contributed by atoms with van der Waals surface area (Å²) >= 11 is 0. The molecular weight excluding hydrogens is 346 g/mol. The van der Waals surface area contributed by atoms with Gasteiger partial charge in [-0.25, -0.2) is 4.98 Å². The first kappa shape index (κ1) is 17.7. The number of carbonyl (C=O) groups excluding carboxylic acids is 2. The van der Waals surface area contributed by atoms with Gasteiger partial charge in [-0.3, -0.25) is 19.4 Å². The number of amides is 2. The van der Waals surface area contributed by atoms with E-state index in [0.29, 0.717) is 5.82 Å². The van der Waals surface area contributed by atoms with E-state index in [1.165, 1.54) is 0 Å². The van der Waals surface area contributed by atoms with Crippen LogP contribution in [0.15, 0.2) is 6.20 Å². The fourth-order valence-electron chi connectivity index (χ4n) is 3.82. The van der Waals surface area contributed by atoms with Crippen LogP contribution in [0.4, 0.5) is 0 Å². The lowest BCUT2D eigenvalue weighted by Gasteiger charge is -2.28. The van der Waals surface area contributed by atoms with E-state index in [4.69, 9.17) is 0 Å². The van der Waals surface area contributed by atoms with Crippen LogP contribution in [0.5, 0.6) is 0 Å². The molecule has 2 fully saturated rings. The minimum atomic E-state index is -0.422. The maximum Gasteiger partial charge on any atom is 0.226 e. The minimum absolute atomic E-state index is 0.0545. The summed E-state index contributed by atoms with van der Waals surface area (Å²) in [7, 11) is 1.88. The monoisotopic (exact) mass is 371 g/mol. The summed E-state index contributed by atoms with van der Waals surface area (Å²) in [6.45, 7) is 4.23. The van der Waals surface area contributed by atoms with Crippen LogP contribution in [0.3, 0.4) is 0 Å². The van der Waals surface area contributed by atoms with Gasteiger partial charge >= 0.3 is 0 Å². The molecule has 2 aromatic rings. The van der Waals surface area contributed by atoms with E-state index in [1.807, 2.05) is 25.8 Å². The Bertz CT molecular complexity index is 867. The van der Waals surface area contributed by atoms with Gasteiger partial charge in [0.1, 0.15) is 5.82 Å². The Morgan fingerprint density at radius 2 is 2.19 bits per heavy atom. The average molecular weight is 371 g/mol. The van der Waals surface area contributed by atoms with E-state index < -0.39 is 5.92 Å². The normalized spacial score (nSPS) is 22.5. The Kier molecular flexibility index (Phi) is 4.45. The molecule has 4 rings (SSSR count). The van der Waals surface area contributed by atoms with E-state index in [1.54, 1.807) is 10.9 Å². The van der Waals surface area contributed by atoms with Gasteiger partial charge in [0.15, 0.2) is 5.82 Å². The third-order valence-electron chi connectivity index (χ3n) is 5.56. The smallest absolute Gasteiger partial charge is 0.226 e. The molecule has 144 valence electrons. The molecule has 9 nitrogen and oxygen atoms in total. The van der Waals surface area contributed by atoms with Gasteiger partial charge in [0.05, 0.1) is 24.7 Å². The van der Waals surface area contributed by atoms with Crippen LogP contribution in [0.1, 0.15) is 55.1 Å². The van der Waals surface area contributed by atoms with Crippen molar-refractivity contribution in [1.29, 1.82) is 0 Å². The van der Waals surface area contributed by atoms with E-state index in [-0.39, 0.29) is 36.9 Å². The van der Waals surface area contributed by atoms with Crippen molar-refractivity contribution in [3.63, 3.8) is 0 Å². The van der Waals surface area contributed by atoms with Crippen LogP contribution in [-0.4, -0.2) is 47.7 Å². The molecule has 0 unspecified atom stereocenters. The molecule has 2 aliphatic rings. The summed E-state index contributed by atoms with van der Waals surface area (Å²) in [4.78, 5) is 31.9. The molecule has 2 N–H and O–H groups in total. The molecule has 1 aliphatic carbocycles. The molecule has 0 spiro atoms. The molecule has 2 amide bonds. The van der Waals surface area contributed by atoms with Crippen LogP contribution in [-0.2, 0) is 29.6 Å². The molecule has 9 heteroatoms. The van der Waals surface area contributed by atoms with Crippen molar-refractivity contribution in [2.45, 2.75) is 58.2 Å². The number of rotatable bonds is 6. The van der Waals surface area contributed by atoms with Gasteiger partial charge in [-0.05, 0) is 19.8 Å². The van der Waals surface area contributed by atoms with Crippen molar-refractivity contribution in [3.8, 4) is 0 Å². The van der Waals surface area contributed by atoms with Gasteiger partial charge in [-0.1, -0.05) is 6.92 Å². The predicted octanol–water partition coefficient (Wildman–Crippen LogP) is 0.777. The lowest BCUT2D eigenvalue weighted by Crippen LogP contribution is -2.36. The molecule has 3 heterocycles. The second kappa shape index (κ2) is 6.79. The van der Waals surface area contributed by atoms with E-state index in [2.05, 4.69) is 25.6 Å². The Balaban J connectivity index is 1.54. The van der Waals surface area contributed by atoms with Crippen LogP contribution < -0.4 is 5.32 Å². The second-order valence-electron chi connectivity index (χ2n) is 7.37. The number of H-pyrrole nitrogens is 1. The van der Waals surface area contributed by atoms with Crippen molar-refractivity contribution >= 4 is 11.8 Å². The first-order chi connectivity index (χ1) is 13.0. The molecular formula is C18H25N7O2. The second-order valence-corrected chi connectivity index (χ2v) is 7.37. The molecule has 0 bridgehead atoms. The molecule has 27 heavy (non-hydrogen) atoms. The molecule has 0 radical (unpaired) electrons. The number of nitrogens with zero attached hydrogens (tertiary/aromatic N) is 5. The fourth-order valence-corrected chi connectivity index (χ4v) is 3.82. The summed E-state index contributed by atoms with van der Waals surface area (Å²) in [5, 5.41) is 14.2. The third kappa shape index (κ3) is 3.22. The lowest BCUT2D eigenvalue weighted by molar-refractivity contribution is -0.129. The van der Waals surface area contributed by atoms with Gasteiger partial charge in [0.2, 0.25) is 11.8 Å². The fraction of sp³-hybridized carbons (Fsp3) is 0.611. The number of hydrogen-bond acceptors (Lipinski definition) is 5. The highest BCUT2D eigenvalue weighted by atomic mass is 16.2. The molecule has 1 aliphatic heterocycles. The summed E-state index contributed by atoms with van der Waals surface area (Å²) in [5.74, 6) is 0.847. The number of carbonyl (C=O) groups is 2. The van der Waals surface area contributed by atoms with Crippen molar-refractivity contribution < 1.29 is 9.59 Å². The first-order valence-electron chi connectivity index (χ1n) is 9.47. The van der Waals surface area contributed by atoms with Crippen molar-refractivity contribution in [2.75, 3.05) is 0 Å². The summed E-state index contributed by atoms with van der Waals surface area (Å²) in [6.07, 6.45) is 4.78. The highest BCUT2D eigenvalue weighted by Crippen LogP contribution is 2.45. The summed E-state index contributed by atoms with van der Waals surface area (Å²) in [6, 6.07) is 0.000853. The Hall–Kier alpha value is -2.71. The SMILES string of the molecule is CCc1n[nH]c(CNC(=O)[C@@H]2CC(=O)N(C3CC3)[C@H]2c2cnn(C)c2C)n1. The van der Waals surface area contributed by atoms with Crippen LogP contribution in [0, 0.1) is 12.8 Å². The quantitative estimate of drug-likeness (QED) is 0.780. The number of aromatic amines is 1. The van der Waals surface area contributed by atoms with Crippen LogP contribution in [0.2, 0.25) is 0 Å². The number of aromatic nitrogens is 5. The van der Waals surface area contributed by atoms with Crippen molar-refractivity contribution in [2.24, 2.45) is 13.0 Å². The largest absolute Gasteiger partial charge is 0.348 e. The standard InChI is InChI=1S/C18H25N7O2/c1-4-14-21-15(23-22-14)9-19-18(27)12-7-16(26)25(11-5-6-11)17(12)13-8-20-24(3)10(13)2/h8,11-12,17H,4-7,9H2,1-3H3,(H,19,27)(H,21,22,23)/t12-,17-/m1/s1. The Labute approximate surface area is 157 Å². The maximum atomic E-state index is 13.0. The lowest BCUT2D eigenvalue weighted by atomic mass is 9.93. The summed E-state index contributed by atoms with van der Waals surface area (Å²) < 4.78 is 1.79. The van der Waals surface area contributed by atoms with E-state index >= 15 is 0 Å². The first-order valence-corrected chi connectivity index (χ1v) is 9.47. The zero-order chi connectivity index (χ0) is 19.1. The van der Waals surface area contributed by atoms with Gasteiger partial charge < -0.3 is 10.2 Å². The molecule has 0 aromatic carbocycles. The zero-order valence-electron chi connectivity index (χ0n) is 15.9. The predicted molar refractivity (Wildman–Crippen MR) is 96.3 cm³/mol. The Morgan fingerprint density at radius 1 is 1.41 bits per heavy atom. The third-order valence-corrected chi connectivity index (χ3v) is 5.56. The molecule has 1 saturated carbocycles. The maximum absolute atomic E-state index is 13.0. The van der Waals surface area contributed by atoms with Gasteiger partial charge in [0, 0.05) is 37.2 Å². The van der Waals surface area contributed by atoms with Gasteiger partial charge in [0.25, 0.3) is 0 Å². The van der Waals surface area contributed by atoms with Crippen molar-refractivity contribution in [3.05, 3.63) is 29.1 Å². The number of aryl methyl sites for hydroxylation is 2. The average Bonchev–Trinajstić information content (AvgIpc) is 3.15. The van der Waals surface area contributed by atoms with Crippen LogP contribution >= 0.6 is 0 Å². The molecule has 2 atom stereocenters. The summed E-state index contributed by atoms with van der Waals surface area (Å²) in [5.41, 5.74) is 1.95. The number of nitrogens with one attached hydrogen (secondary N) is 2. The zero-order valence-corrected chi connectivity index (χ0v) is 15.9. The molecule has 2 aromatic heterocycles. The van der Waals surface area contributed by atoms with Crippen LogP contribution in [0.25, 0.3) is 0 Å². The van der Waals surface area contributed by atoms with Gasteiger partial charge in [-0.2, -0.15) is 10.2 Å². The number of hydrogen-bond donors (Lipinski definition) is 2. The van der Waals surface area contributed by atoms with E-state index in [9.17, 15) is 9.59 Å². The molecule has 1 saturated heterocycles. The van der Waals surface area contributed by atoms with Gasteiger partial charge in [-0.15, -0.1) is 0 Å². The Morgan fingerprint density at radius 3 is 2.78 bits per heavy atom. The topological polar surface area (TPSA) is 109 Å². The highest BCUT2D eigenvalue weighted by Gasteiger charge is 2.50. The van der Waals surface area contributed by atoms with Crippen molar-refractivity contribution in [1.82, 2.24) is 35.2 Å². The number of likely N-dealkylation sites (tertiary alicyclic amines) is 1. The minimum Gasteiger partial charge on any atom is -0.348 e. The highest BCUT2D eigenvalue weighted by molar-refractivity contribution is 5.90. The van der Waals surface area contributed by atoms with E-state index in [0.717, 1.165) is 36.3 Å².